The van der Waals surface area contributed by atoms with Crippen LogP contribution in [0.25, 0.3) is 22.1 Å². The molecule has 0 saturated heterocycles. The van der Waals surface area contributed by atoms with Crippen LogP contribution in [0.15, 0.2) is 57.2 Å². The summed E-state index contributed by atoms with van der Waals surface area (Å²) in [7, 11) is 0. The van der Waals surface area contributed by atoms with Gasteiger partial charge in [-0.3, -0.25) is 9.20 Å². The number of nitrogens with zero attached hydrogens (tertiary/aromatic N) is 3. The van der Waals surface area contributed by atoms with Crippen LogP contribution in [0, 0.1) is 0 Å². The maximum atomic E-state index is 11.9. The first-order chi connectivity index (χ1) is 12.2. The van der Waals surface area contributed by atoms with Gasteiger partial charge in [0.05, 0.1) is 5.69 Å². The van der Waals surface area contributed by atoms with Gasteiger partial charge in [-0.05, 0) is 12.1 Å². The lowest BCUT2D eigenvalue weighted by Gasteiger charge is -2.01. The molecule has 0 radical (unpaired) electrons. The number of esters is 1. The molecule has 0 N–H and O–H groups in total. The lowest BCUT2D eigenvalue weighted by molar-refractivity contribution is -0.139. The highest BCUT2D eigenvalue weighted by molar-refractivity contribution is 7.15. The molecule has 0 saturated carbocycles. The molecule has 0 atom stereocenters. The Kier molecular flexibility index (Phi) is 3.87. The summed E-state index contributed by atoms with van der Waals surface area (Å²) in [6, 6.07) is 8.65. The summed E-state index contributed by atoms with van der Waals surface area (Å²) in [4.78, 5) is 32.7. The number of carbonyl (C=O) groups excluding carboxylic acids is 1. The van der Waals surface area contributed by atoms with E-state index in [2.05, 4.69) is 9.97 Å². The summed E-state index contributed by atoms with van der Waals surface area (Å²) in [6.45, 7) is -0.0830. The Labute approximate surface area is 144 Å². The third-order valence-electron chi connectivity index (χ3n) is 3.39. The van der Waals surface area contributed by atoms with E-state index in [4.69, 9.17) is 9.15 Å². The number of fused-ring (bicyclic) bond motifs is 2. The number of hydrogen-bond acceptors (Lipinski definition) is 7. The third kappa shape index (κ3) is 3.20. The molecule has 1 aromatic carbocycles. The van der Waals surface area contributed by atoms with Crippen LogP contribution in [0.4, 0.5) is 0 Å². The van der Waals surface area contributed by atoms with Crippen LogP contribution in [-0.4, -0.2) is 20.3 Å². The average Bonchev–Trinajstić information content (AvgIpc) is 3.24. The molecule has 0 aliphatic rings. The van der Waals surface area contributed by atoms with Crippen molar-refractivity contribution in [1.29, 1.82) is 0 Å². The molecule has 0 aliphatic carbocycles. The van der Waals surface area contributed by atoms with Crippen LogP contribution in [-0.2, 0) is 16.1 Å². The molecule has 124 valence electrons. The van der Waals surface area contributed by atoms with Gasteiger partial charge >= 0.3 is 5.97 Å². The smallest absolute Gasteiger partial charge is 0.331 e. The summed E-state index contributed by atoms with van der Waals surface area (Å²) in [5.41, 5.74) is 1.55. The second-order valence-electron chi connectivity index (χ2n) is 5.10. The SMILES string of the molecule is O=C(/C=C/c1nc2ccccc2o1)OCc1cc(=O)n2ccsc2n1. The fourth-order valence-electron chi connectivity index (χ4n) is 2.26. The van der Waals surface area contributed by atoms with Crippen LogP contribution >= 0.6 is 11.3 Å². The first kappa shape index (κ1) is 15.3. The van der Waals surface area contributed by atoms with Gasteiger partial charge in [-0.2, -0.15) is 0 Å². The minimum Gasteiger partial charge on any atom is -0.456 e. The Morgan fingerprint density at radius 3 is 3.08 bits per heavy atom. The number of benzene rings is 1. The highest BCUT2D eigenvalue weighted by atomic mass is 32.1. The van der Waals surface area contributed by atoms with Gasteiger partial charge in [-0.15, -0.1) is 11.3 Å². The number of thiazole rings is 1. The molecule has 0 aliphatic heterocycles. The van der Waals surface area contributed by atoms with E-state index < -0.39 is 5.97 Å². The largest absolute Gasteiger partial charge is 0.456 e. The zero-order valence-electron chi connectivity index (χ0n) is 12.8. The van der Waals surface area contributed by atoms with Gasteiger partial charge in [0, 0.05) is 29.8 Å². The van der Waals surface area contributed by atoms with Gasteiger partial charge in [0.1, 0.15) is 12.1 Å². The van der Waals surface area contributed by atoms with Gasteiger partial charge in [-0.1, -0.05) is 12.1 Å². The van der Waals surface area contributed by atoms with Crippen molar-refractivity contribution in [2.24, 2.45) is 0 Å². The number of hydrogen-bond donors (Lipinski definition) is 0. The van der Waals surface area contributed by atoms with Crippen molar-refractivity contribution in [3.8, 4) is 0 Å². The second kappa shape index (κ2) is 6.33. The zero-order valence-corrected chi connectivity index (χ0v) is 13.6. The number of oxazole rings is 1. The molecular formula is C17H11N3O4S. The van der Waals surface area contributed by atoms with Gasteiger partial charge in [0.2, 0.25) is 5.89 Å². The van der Waals surface area contributed by atoms with Gasteiger partial charge in [-0.25, -0.2) is 14.8 Å². The van der Waals surface area contributed by atoms with Crippen molar-refractivity contribution >= 4 is 39.4 Å². The average molecular weight is 353 g/mol. The summed E-state index contributed by atoms with van der Waals surface area (Å²) >= 11 is 1.34. The molecular weight excluding hydrogens is 342 g/mol. The predicted octanol–water partition coefficient (Wildman–Crippen LogP) is 2.65. The monoisotopic (exact) mass is 353 g/mol. The lowest BCUT2D eigenvalue weighted by Crippen LogP contribution is -2.14. The van der Waals surface area contributed by atoms with Crippen molar-refractivity contribution in [3.63, 3.8) is 0 Å². The summed E-state index contributed by atoms with van der Waals surface area (Å²) < 4.78 is 12.0. The first-order valence-corrected chi connectivity index (χ1v) is 8.23. The molecule has 25 heavy (non-hydrogen) atoms. The topological polar surface area (TPSA) is 86.7 Å². The molecule has 4 rings (SSSR count). The molecule has 0 amide bonds. The molecule has 8 heteroatoms. The molecule has 0 fully saturated rings. The van der Waals surface area contributed by atoms with Crippen molar-refractivity contribution < 1.29 is 13.9 Å². The Morgan fingerprint density at radius 2 is 2.20 bits per heavy atom. The number of aromatic nitrogens is 3. The van der Waals surface area contributed by atoms with E-state index >= 15 is 0 Å². The number of para-hydroxylation sites is 2. The number of rotatable bonds is 4. The van der Waals surface area contributed by atoms with Crippen molar-refractivity contribution in [2.45, 2.75) is 6.61 Å². The molecule has 4 aromatic rings. The maximum absolute atomic E-state index is 11.9. The predicted molar refractivity (Wildman–Crippen MR) is 92.2 cm³/mol. The molecule has 0 bridgehead atoms. The Hall–Kier alpha value is -3.26. The normalized spacial score (nSPS) is 11.5. The van der Waals surface area contributed by atoms with Crippen molar-refractivity contribution in [1.82, 2.24) is 14.4 Å². The molecule has 3 heterocycles. The summed E-state index contributed by atoms with van der Waals surface area (Å²) in [5.74, 6) is -0.259. The first-order valence-electron chi connectivity index (χ1n) is 7.35. The van der Waals surface area contributed by atoms with E-state index in [1.807, 2.05) is 18.2 Å². The van der Waals surface area contributed by atoms with Crippen LogP contribution < -0.4 is 5.56 Å². The fourth-order valence-corrected chi connectivity index (χ4v) is 2.99. The van der Waals surface area contributed by atoms with Crippen LogP contribution in [0.3, 0.4) is 0 Å². The van der Waals surface area contributed by atoms with Crippen molar-refractivity contribution in [2.75, 3.05) is 0 Å². The van der Waals surface area contributed by atoms with E-state index in [0.717, 1.165) is 0 Å². The van der Waals surface area contributed by atoms with E-state index in [1.54, 1.807) is 17.6 Å². The van der Waals surface area contributed by atoms with Crippen LogP contribution in [0.2, 0.25) is 0 Å². The quantitative estimate of drug-likeness (QED) is 0.414. The standard InChI is InChI=1S/C17H11N3O4S/c21-15-9-11(18-17-20(15)7-8-25-17)10-23-16(22)6-5-14-19-12-3-1-2-4-13(12)24-14/h1-9H,10H2/b6-5+. The van der Waals surface area contributed by atoms with E-state index in [1.165, 1.54) is 34.0 Å². The van der Waals surface area contributed by atoms with Gasteiger partial charge in [0.15, 0.2) is 10.5 Å². The Balaban J connectivity index is 1.43. The zero-order chi connectivity index (χ0) is 17.2. The minimum absolute atomic E-state index is 0.0830. The third-order valence-corrected chi connectivity index (χ3v) is 4.15. The fraction of sp³-hybridized carbons (Fsp3) is 0.0588. The van der Waals surface area contributed by atoms with Crippen LogP contribution in [0.1, 0.15) is 11.6 Å². The number of carbonyl (C=O) groups is 1. The number of ether oxygens (including phenoxy) is 1. The molecule has 7 nitrogen and oxygen atoms in total. The Bertz CT molecular complexity index is 1120. The van der Waals surface area contributed by atoms with E-state index in [-0.39, 0.29) is 12.2 Å². The molecule has 0 spiro atoms. The second-order valence-corrected chi connectivity index (χ2v) is 5.98. The lowest BCUT2D eigenvalue weighted by atomic mass is 10.3. The van der Waals surface area contributed by atoms with E-state index in [9.17, 15) is 9.59 Å². The minimum atomic E-state index is -0.574. The summed E-state index contributed by atoms with van der Waals surface area (Å²) in [6.07, 6.45) is 4.31. The molecule has 3 aromatic heterocycles. The highest BCUT2D eigenvalue weighted by Gasteiger charge is 2.06. The van der Waals surface area contributed by atoms with Crippen LogP contribution in [0.5, 0.6) is 0 Å². The van der Waals surface area contributed by atoms with Crippen molar-refractivity contribution in [3.05, 3.63) is 69.9 Å². The summed E-state index contributed by atoms with van der Waals surface area (Å²) in [5, 5.41) is 1.77. The van der Waals surface area contributed by atoms with E-state index in [0.29, 0.717) is 27.6 Å². The maximum Gasteiger partial charge on any atom is 0.331 e. The van der Waals surface area contributed by atoms with Gasteiger partial charge < -0.3 is 9.15 Å². The highest BCUT2D eigenvalue weighted by Crippen LogP contribution is 2.15. The molecule has 0 unspecified atom stereocenters. The van der Waals surface area contributed by atoms with Gasteiger partial charge in [0.25, 0.3) is 5.56 Å². The Morgan fingerprint density at radius 1 is 1.32 bits per heavy atom.